The number of halogens is 1. The second-order valence-corrected chi connectivity index (χ2v) is 4.96. The van der Waals surface area contributed by atoms with Crippen molar-refractivity contribution in [3.05, 3.63) is 0 Å². The zero-order valence-electron chi connectivity index (χ0n) is 9.46. The molecule has 0 aromatic carbocycles. The summed E-state index contributed by atoms with van der Waals surface area (Å²) in [6.45, 7) is 5.63. The lowest BCUT2D eigenvalue weighted by atomic mass is 9.98. The van der Waals surface area contributed by atoms with Crippen LogP contribution < -0.4 is 5.32 Å². The van der Waals surface area contributed by atoms with Crippen LogP contribution in [0.5, 0.6) is 0 Å². The number of carbonyl (C=O) groups excluding carboxylic acids is 1. The van der Waals surface area contributed by atoms with Crippen molar-refractivity contribution in [3.8, 4) is 0 Å². The van der Waals surface area contributed by atoms with Gasteiger partial charge in [0, 0.05) is 30.5 Å². The summed E-state index contributed by atoms with van der Waals surface area (Å²) in [6.07, 6.45) is 1.72. The number of ether oxygens (including phenoxy) is 1. The summed E-state index contributed by atoms with van der Waals surface area (Å²) >= 11 is 3.43. The van der Waals surface area contributed by atoms with Crippen LogP contribution in [0.15, 0.2) is 0 Å². The Morgan fingerprint density at radius 2 is 2.07 bits per heavy atom. The molecule has 0 saturated carbocycles. The van der Waals surface area contributed by atoms with E-state index in [1.54, 1.807) is 0 Å². The lowest BCUT2D eigenvalue weighted by Gasteiger charge is -2.25. The van der Waals surface area contributed by atoms with Gasteiger partial charge in [-0.3, -0.25) is 4.79 Å². The number of amides is 1. The van der Waals surface area contributed by atoms with Gasteiger partial charge in [0.1, 0.15) is 0 Å². The molecule has 0 aromatic heterocycles. The van der Waals surface area contributed by atoms with E-state index in [9.17, 15) is 4.79 Å². The first-order valence-electron chi connectivity index (χ1n) is 5.59. The van der Waals surface area contributed by atoms with Crippen LogP contribution in [0.3, 0.4) is 0 Å². The second-order valence-electron chi connectivity index (χ2n) is 4.32. The SMILES string of the molecule is CC(CBr)C(C)NC(=O)C1CCOCC1. The van der Waals surface area contributed by atoms with Crippen LogP contribution >= 0.6 is 15.9 Å². The van der Waals surface area contributed by atoms with Crippen LogP contribution in [0.25, 0.3) is 0 Å². The van der Waals surface area contributed by atoms with E-state index >= 15 is 0 Å². The maximum atomic E-state index is 11.8. The highest BCUT2D eigenvalue weighted by atomic mass is 79.9. The first-order valence-corrected chi connectivity index (χ1v) is 6.71. The van der Waals surface area contributed by atoms with Gasteiger partial charge in [-0.25, -0.2) is 0 Å². The third-order valence-electron chi connectivity index (χ3n) is 3.06. The van der Waals surface area contributed by atoms with Gasteiger partial charge in [-0.1, -0.05) is 22.9 Å². The van der Waals surface area contributed by atoms with Crippen molar-refractivity contribution >= 4 is 21.8 Å². The molecule has 1 heterocycles. The summed E-state index contributed by atoms with van der Waals surface area (Å²) in [5.41, 5.74) is 0. The normalized spacial score (nSPS) is 22.1. The Morgan fingerprint density at radius 3 is 2.60 bits per heavy atom. The van der Waals surface area contributed by atoms with Gasteiger partial charge in [0.25, 0.3) is 0 Å². The van der Waals surface area contributed by atoms with Crippen molar-refractivity contribution in [2.75, 3.05) is 18.5 Å². The Labute approximate surface area is 100 Å². The van der Waals surface area contributed by atoms with E-state index in [1.165, 1.54) is 0 Å². The first kappa shape index (κ1) is 13.0. The molecule has 1 aliphatic heterocycles. The number of carbonyl (C=O) groups is 1. The average molecular weight is 278 g/mol. The van der Waals surface area contributed by atoms with Crippen LogP contribution in [0.1, 0.15) is 26.7 Å². The summed E-state index contributed by atoms with van der Waals surface area (Å²) in [5.74, 6) is 0.816. The zero-order valence-corrected chi connectivity index (χ0v) is 11.0. The van der Waals surface area contributed by atoms with E-state index in [0.29, 0.717) is 5.92 Å². The van der Waals surface area contributed by atoms with Crippen LogP contribution in [-0.4, -0.2) is 30.5 Å². The van der Waals surface area contributed by atoms with Gasteiger partial charge in [0.15, 0.2) is 0 Å². The quantitative estimate of drug-likeness (QED) is 0.798. The number of alkyl halides is 1. The summed E-state index contributed by atoms with van der Waals surface area (Å²) in [7, 11) is 0. The van der Waals surface area contributed by atoms with Crippen LogP contribution in [-0.2, 0) is 9.53 Å². The Morgan fingerprint density at radius 1 is 1.47 bits per heavy atom. The van der Waals surface area contributed by atoms with Gasteiger partial charge in [0.2, 0.25) is 5.91 Å². The molecule has 15 heavy (non-hydrogen) atoms. The molecule has 1 fully saturated rings. The molecule has 88 valence electrons. The minimum atomic E-state index is 0.156. The fourth-order valence-electron chi connectivity index (χ4n) is 1.58. The van der Waals surface area contributed by atoms with Crippen molar-refractivity contribution in [2.45, 2.75) is 32.7 Å². The van der Waals surface area contributed by atoms with Crippen LogP contribution in [0.2, 0.25) is 0 Å². The summed E-state index contributed by atoms with van der Waals surface area (Å²) in [6, 6.07) is 0.236. The highest BCUT2D eigenvalue weighted by molar-refractivity contribution is 9.09. The number of hydrogen-bond donors (Lipinski definition) is 1. The van der Waals surface area contributed by atoms with Crippen molar-refractivity contribution in [1.82, 2.24) is 5.32 Å². The topological polar surface area (TPSA) is 38.3 Å². The third kappa shape index (κ3) is 4.11. The van der Waals surface area contributed by atoms with Gasteiger partial charge >= 0.3 is 0 Å². The maximum absolute atomic E-state index is 11.8. The third-order valence-corrected chi connectivity index (χ3v) is 4.08. The van der Waals surface area contributed by atoms with Crippen molar-refractivity contribution < 1.29 is 9.53 Å². The molecule has 1 amide bonds. The van der Waals surface area contributed by atoms with Crippen molar-refractivity contribution in [2.24, 2.45) is 11.8 Å². The van der Waals surface area contributed by atoms with Crippen molar-refractivity contribution in [3.63, 3.8) is 0 Å². The van der Waals surface area contributed by atoms with Gasteiger partial charge in [-0.2, -0.15) is 0 Å². The molecule has 1 N–H and O–H groups in total. The van der Waals surface area contributed by atoms with Crippen LogP contribution in [0.4, 0.5) is 0 Å². The molecule has 0 radical (unpaired) electrons. The standard InChI is InChI=1S/C11H20BrNO2/c1-8(7-12)9(2)13-11(14)10-3-5-15-6-4-10/h8-10H,3-7H2,1-2H3,(H,13,14). The van der Waals surface area contributed by atoms with Gasteiger partial charge in [-0.05, 0) is 25.7 Å². The molecular formula is C11H20BrNO2. The van der Waals surface area contributed by atoms with E-state index in [-0.39, 0.29) is 17.9 Å². The highest BCUT2D eigenvalue weighted by Gasteiger charge is 2.23. The van der Waals surface area contributed by atoms with Gasteiger partial charge in [0.05, 0.1) is 0 Å². The minimum absolute atomic E-state index is 0.156. The van der Waals surface area contributed by atoms with Gasteiger partial charge in [-0.15, -0.1) is 0 Å². The highest BCUT2D eigenvalue weighted by Crippen LogP contribution is 2.15. The molecular weight excluding hydrogens is 258 g/mol. The Hall–Kier alpha value is -0.0900. The molecule has 1 saturated heterocycles. The Kier molecular flexibility index (Phi) is 5.61. The molecule has 0 bridgehead atoms. The number of rotatable bonds is 4. The second kappa shape index (κ2) is 6.48. The molecule has 1 rings (SSSR count). The molecule has 1 aliphatic rings. The van der Waals surface area contributed by atoms with Crippen molar-refractivity contribution in [1.29, 1.82) is 0 Å². The zero-order chi connectivity index (χ0) is 11.3. The molecule has 0 spiro atoms. The molecule has 0 aromatic rings. The Balaban J connectivity index is 2.33. The Bertz CT molecular complexity index is 205. The largest absolute Gasteiger partial charge is 0.381 e. The summed E-state index contributed by atoms with van der Waals surface area (Å²) in [4.78, 5) is 11.8. The lowest BCUT2D eigenvalue weighted by Crippen LogP contribution is -2.42. The minimum Gasteiger partial charge on any atom is -0.381 e. The monoisotopic (exact) mass is 277 g/mol. The van der Waals surface area contributed by atoms with Gasteiger partial charge < -0.3 is 10.1 Å². The van der Waals surface area contributed by atoms with Crippen LogP contribution in [0, 0.1) is 11.8 Å². The van der Waals surface area contributed by atoms with E-state index < -0.39 is 0 Å². The smallest absolute Gasteiger partial charge is 0.223 e. The van der Waals surface area contributed by atoms with E-state index in [2.05, 4.69) is 35.1 Å². The number of hydrogen-bond acceptors (Lipinski definition) is 2. The predicted octanol–water partition coefficient (Wildman–Crippen LogP) is 1.95. The lowest BCUT2D eigenvalue weighted by molar-refractivity contribution is -0.128. The molecule has 3 nitrogen and oxygen atoms in total. The summed E-state index contributed by atoms with van der Waals surface area (Å²) < 4.78 is 5.24. The molecule has 4 heteroatoms. The van der Waals surface area contributed by atoms with E-state index in [0.717, 1.165) is 31.4 Å². The van der Waals surface area contributed by atoms with E-state index in [4.69, 9.17) is 4.74 Å². The predicted molar refractivity (Wildman–Crippen MR) is 64.1 cm³/mol. The fourth-order valence-corrected chi connectivity index (χ4v) is 2.14. The average Bonchev–Trinajstić information content (AvgIpc) is 2.29. The number of nitrogens with one attached hydrogen (secondary N) is 1. The fraction of sp³-hybridized carbons (Fsp3) is 0.909. The summed E-state index contributed by atoms with van der Waals surface area (Å²) in [5, 5.41) is 3.99. The first-order chi connectivity index (χ1) is 7.15. The molecule has 0 aliphatic carbocycles. The van der Waals surface area contributed by atoms with E-state index in [1.807, 2.05) is 0 Å². The molecule has 2 atom stereocenters. The molecule has 2 unspecified atom stereocenters. The maximum Gasteiger partial charge on any atom is 0.223 e.